The number of aromatic nitrogens is 5. The fourth-order valence-electron chi connectivity index (χ4n) is 12.8. The third kappa shape index (κ3) is 23.9. The molecule has 41 heteroatoms. The van der Waals surface area contributed by atoms with Crippen LogP contribution < -0.4 is 27.5 Å². The lowest BCUT2D eigenvalue weighted by Gasteiger charge is -2.39. The van der Waals surface area contributed by atoms with E-state index >= 15 is 0 Å². The molecule has 2 fully saturated rings. The first kappa shape index (κ1) is 89.7. The number of fused-ring (bicyclic) bond motifs is 4. The van der Waals surface area contributed by atoms with Gasteiger partial charge in [0.1, 0.15) is 77.4 Å². The number of pyridine rings is 1. The van der Waals surface area contributed by atoms with Crippen molar-refractivity contribution in [1.82, 2.24) is 34.2 Å². The lowest BCUT2D eigenvalue weighted by atomic mass is 9.95. The van der Waals surface area contributed by atoms with Gasteiger partial charge < -0.3 is 130 Å². The van der Waals surface area contributed by atoms with Gasteiger partial charge in [-0.1, -0.05) is 11.3 Å². The smallest absolute Gasteiger partial charge is 0.497 e. The van der Waals surface area contributed by atoms with Crippen LogP contribution in [0.1, 0.15) is 53.9 Å². The third-order valence-electron chi connectivity index (χ3n) is 19.1. The number of benzene rings is 4. The summed E-state index contributed by atoms with van der Waals surface area (Å²) in [5, 5.41) is 91.2. The molecule has 0 aliphatic carbocycles. The summed E-state index contributed by atoms with van der Waals surface area (Å²) >= 11 is 6.66. The van der Waals surface area contributed by atoms with Gasteiger partial charge in [0.15, 0.2) is 23.0 Å². The Hall–Kier alpha value is -9.06. The van der Waals surface area contributed by atoms with Gasteiger partial charge in [-0.2, -0.15) is 0 Å². The van der Waals surface area contributed by atoms with E-state index in [0.717, 1.165) is 17.0 Å². The summed E-state index contributed by atoms with van der Waals surface area (Å²) < 4.78 is 122. The molecule has 4 aliphatic rings. The number of methoxy groups -OCH3 is 1. The molecule has 4 aromatic carbocycles. The quantitative estimate of drug-likeness (QED) is 0.0107. The molecule has 0 spiro atoms. The number of imidazole rings is 1. The molecule has 39 nitrogen and oxygen atoms in total. The molecule has 0 saturated carbocycles. The van der Waals surface area contributed by atoms with E-state index in [9.17, 15) is 73.2 Å². The Bertz CT molecular complexity index is 4620. The fourth-order valence-corrected chi connectivity index (χ4v) is 13.8. The first-order valence-corrected chi connectivity index (χ1v) is 39.7. The average molecular weight is 1700 g/mol. The SMILES string of the molecule is COc1ccc2c(OS(=O)(=O)Oc3cc(C(=O)N(C)CCOCCOCCOCCn4cc(COCCOCCOCCOCCOCCOCCN5C(=O)C=CC5=O)nn4)ccc3O[C@@H]3O[C@H](CO)[C@H](O)[C@H](O)C3O)cc3c(c2c1)[C@H](CCl)CN3C(=O)c1cn2cc(CC(=O)c3ccc(OC4O[C@H](CO)[C@H](O)[C@H](O)[C@H]4O)cc3)ccc2n1. The van der Waals surface area contributed by atoms with Crippen molar-refractivity contribution in [2.24, 2.45) is 0 Å². The number of aliphatic hydroxyl groups is 8. The number of halogens is 1. The maximum atomic E-state index is 14.9. The van der Waals surface area contributed by atoms with E-state index in [1.54, 1.807) is 45.7 Å². The lowest BCUT2D eigenvalue weighted by Crippen LogP contribution is -2.60. The van der Waals surface area contributed by atoms with Crippen LogP contribution in [0.3, 0.4) is 0 Å². The molecule has 3 aromatic heterocycles. The lowest BCUT2D eigenvalue weighted by molar-refractivity contribution is -0.277. The van der Waals surface area contributed by atoms with Crippen molar-refractivity contribution in [3.05, 3.63) is 143 Å². The Morgan fingerprint density at radius 1 is 0.576 bits per heavy atom. The normalized spacial score (nSPS) is 21.3. The van der Waals surface area contributed by atoms with Crippen LogP contribution in [0.25, 0.3) is 16.4 Å². The van der Waals surface area contributed by atoms with Crippen molar-refractivity contribution >= 4 is 73.5 Å². The van der Waals surface area contributed by atoms with Crippen molar-refractivity contribution < 1.29 is 148 Å². The highest BCUT2D eigenvalue weighted by atomic mass is 35.5. The molecular formula is C77H95ClN8O31S. The van der Waals surface area contributed by atoms with Crippen molar-refractivity contribution in [3.63, 3.8) is 0 Å². The summed E-state index contributed by atoms with van der Waals surface area (Å²) in [6.45, 7) is 4.66. The summed E-state index contributed by atoms with van der Waals surface area (Å²) in [7, 11) is -2.46. The highest BCUT2D eigenvalue weighted by Crippen LogP contribution is 2.48. The second-order valence-corrected chi connectivity index (χ2v) is 28.7. The standard InChI is InChI=1S/C77H95ClN8O31S/c1-82(15-18-103-21-24-106-25-22-104-19-16-84-42-51(80-81-84)46-111-34-33-110-32-31-109-30-29-108-28-27-107-26-23-105-20-17-85-65(90)13-14-66(85)91)74(98)49-6-11-59(113-77-73(97)71(95)69(93)63(45-88)115-77)61(36-49)117-118(100,101)116-60-38-57-67(55-37-53(102-2)9-10-54(55)60)50(39-78)41-86(57)75(99)56-43-83-40-47(3-12-64(83)79-56)35-58(89)48-4-7-52(8-5-48)112-76-72(96)70(94)68(92)62(44-87)114-76/h3-14,36-38,40,42-43,50,62-63,68-73,76-77,87-88,92-97H,15-35,39,41,44-46H2,1-2H3/t50-,62-,63-,68+,69+,70+,71+,72-,73?,76?,77-/m1/s1. The molecule has 7 heterocycles. The average Bonchev–Trinajstić information content (AvgIpc) is 1.56. The zero-order valence-electron chi connectivity index (χ0n) is 64.5. The van der Waals surface area contributed by atoms with E-state index in [2.05, 4.69) is 15.3 Å². The predicted molar refractivity (Wildman–Crippen MR) is 410 cm³/mol. The van der Waals surface area contributed by atoms with Crippen LogP contribution in [0.15, 0.2) is 110 Å². The summed E-state index contributed by atoms with van der Waals surface area (Å²) in [4.78, 5) is 74.0. The van der Waals surface area contributed by atoms with E-state index in [4.69, 9.17) is 86.3 Å². The Morgan fingerprint density at radius 3 is 1.72 bits per heavy atom. The van der Waals surface area contributed by atoms with Crippen LogP contribution in [0.5, 0.6) is 28.7 Å². The second kappa shape index (κ2) is 43.8. The topological polar surface area (TPSA) is 487 Å². The number of carbonyl (C=O) groups is 5. The minimum atomic E-state index is -5.36. The second-order valence-electron chi connectivity index (χ2n) is 27.2. The third-order valence-corrected chi connectivity index (χ3v) is 20.2. The van der Waals surface area contributed by atoms with Crippen LogP contribution in [-0.2, 0) is 91.7 Å². The molecule has 0 radical (unpaired) electrons. The minimum absolute atomic E-state index is 0.00502. The number of nitrogens with zero attached hydrogens (tertiary/aromatic N) is 8. The van der Waals surface area contributed by atoms with Gasteiger partial charge in [0.2, 0.25) is 12.6 Å². The highest BCUT2D eigenvalue weighted by Gasteiger charge is 2.47. The number of ketones is 1. The van der Waals surface area contributed by atoms with Gasteiger partial charge in [0.05, 0.1) is 164 Å². The van der Waals surface area contributed by atoms with Gasteiger partial charge in [0, 0.05) is 85.5 Å². The number of likely N-dealkylation sites (N-methyl/N-ethyl adjacent to an activating group) is 1. The summed E-state index contributed by atoms with van der Waals surface area (Å²) in [6, 6.07) is 18.6. The molecule has 2 saturated heterocycles. The van der Waals surface area contributed by atoms with E-state index < -0.39 is 114 Å². The van der Waals surface area contributed by atoms with Crippen molar-refractivity contribution in [2.45, 2.75) is 86.9 Å². The van der Waals surface area contributed by atoms with E-state index in [-0.39, 0.29) is 135 Å². The molecule has 2 unspecified atom stereocenters. The van der Waals surface area contributed by atoms with E-state index in [0.29, 0.717) is 113 Å². The molecule has 8 N–H and O–H groups in total. The van der Waals surface area contributed by atoms with Gasteiger partial charge in [-0.05, 0) is 83.2 Å². The van der Waals surface area contributed by atoms with Crippen molar-refractivity contribution in [3.8, 4) is 28.7 Å². The maximum absolute atomic E-state index is 14.9. The molecule has 11 rings (SSSR count). The monoisotopic (exact) mass is 1690 g/mol. The zero-order chi connectivity index (χ0) is 83.8. The minimum Gasteiger partial charge on any atom is -0.497 e. The zero-order valence-corrected chi connectivity index (χ0v) is 66.0. The molecule has 4 amide bonds. The number of imide groups is 1. The molecule has 4 aliphatic heterocycles. The van der Waals surface area contributed by atoms with Crippen LogP contribution in [0.4, 0.5) is 5.69 Å². The van der Waals surface area contributed by atoms with Crippen LogP contribution in [0.2, 0.25) is 0 Å². The van der Waals surface area contributed by atoms with Gasteiger partial charge in [-0.15, -0.1) is 25.1 Å². The summed E-state index contributed by atoms with van der Waals surface area (Å²) in [5.41, 5.74) is 2.33. The molecule has 0 bridgehead atoms. The Morgan fingerprint density at radius 2 is 1.13 bits per heavy atom. The number of aliphatic hydroxyl groups excluding tert-OH is 8. The summed E-state index contributed by atoms with van der Waals surface area (Å²) in [5.74, 6) is -3.81. The maximum Gasteiger partial charge on any atom is 0.501 e. The Kier molecular flexibility index (Phi) is 33.3. The van der Waals surface area contributed by atoms with E-state index in [1.807, 2.05) is 0 Å². The van der Waals surface area contributed by atoms with Gasteiger partial charge in [-0.25, -0.2) is 9.67 Å². The van der Waals surface area contributed by atoms with E-state index in [1.165, 1.54) is 84.8 Å². The Labute approximate surface area is 681 Å². The number of hydrogen-bond acceptors (Lipinski definition) is 34. The molecular weight excluding hydrogens is 1600 g/mol. The predicted octanol–water partition coefficient (Wildman–Crippen LogP) is -0.0976. The van der Waals surface area contributed by atoms with Crippen molar-refractivity contribution in [2.75, 3.05) is 170 Å². The first-order chi connectivity index (χ1) is 57.0. The number of rotatable bonds is 49. The van der Waals surface area contributed by atoms with Gasteiger partial charge in [-0.3, -0.25) is 28.9 Å². The number of alkyl halides is 1. The number of ether oxygens (including phenoxy) is 14. The van der Waals surface area contributed by atoms with Crippen LogP contribution in [-0.4, -0.2) is 339 Å². The molecule has 11 atom stereocenters. The summed E-state index contributed by atoms with van der Waals surface area (Å²) in [6.07, 6.45) is -9.22. The number of carbonyl (C=O) groups excluding carboxylic acids is 5. The number of hydrogen-bond donors (Lipinski definition) is 8. The fraction of sp³-hybridized carbons (Fsp3) is 0.506. The molecule has 7 aromatic rings. The van der Waals surface area contributed by atoms with Gasteiger partial charge in [0.25, 0.3) is 23.6 Å². The first-order valence-electron chi connectivity index (χ1n) is 37.8. The molecule has 118 heavy (non-hydrogen) atoms. The highest BCUT2D eigenvalue weighted by molar-refractivity contribution is 7.82. The van der Waals surface area contributed by atoms with Gasteiger partial charge >= 0.3 is 10.4 Å². The van der Waals surface area contributed by atoms with Crippen LogP contribution >= 0.6 is 11.6 Å². The molecule has 642 valence electrons. The van der Waals surface area contributed by atoms with Crippen molar-refractivity contribution in [1.29, 1.82) is 0 Å². The van der Waals surface area contributed by atoms with Crippen LogP contribution in [0, 0.1) is 0 Å². The number of amides is 4. The largest absolute Gasteiger partial charge is 0.501 e. The Balaban J connectivity index is 0.625. The number of Topliss-reactive ketones (excluding diaryl/α,β-unsaturated/α-hetero) is 1. The number of anilines is 1.